The van der Waals surface area contributed by atoms with E-state index in [-0.39, 0.29) is 23.7 Å². The zero-order valence-corrected chi connectivity index (χ0v) is 12.7. The molecule has 4 atom stereocenters. The van der Waals surface area contributed by atoms with Crippen LogP contribution in [0, 0.1) is 23.7 Å². The Hall–Kier alpha value is -1.14. The van der Waals surface area contributed by atoms with Crippen LogP contribution in [0.3, 0.4) is 0 Å². The second kappa shape index (κ2) is 5.20. The molecular formula is C16H23NO5. The van der Waals surface area contributed by atoms with Crippen LogP contribution in [0.2, 0.25) is 0 Å². The summed E-state index contributed by atoms with van der Waals surface area (Å²) < 4.78 is 11.4. The maximum absolute atomic E-state index is 12.9. The molecule has 2 heterocycles. The van der Waals surface area contributed by atoms with Gasteiger partial charge < -0.3 is 19.5 Å². The molecule has 0 aromatic carbocycles. The molecule has 122 valence electrons. The molecule has 2 bridgehead atoms. The third kappa shape index (κ3) is 2.15. The predicted octanol–water partition coefficient (Wildman–Crippen LogP) is 1.10. The fourth-order valence-electron chi connectivity index (χ4n) is 5.07. The molecule has 0 aromatic rings. The van der Waals surface area contributed by atoms with E-state index >= 15 is 0 Å². The van der Waals surface area contributed by atoms with Gasteiger partial charge >= 0.3 is 5.97 Å². The van der Waals surface area contributed by atoms with Crippen molar-refractivity contribution in [2.75, 3.05) is 26.3 Å². The van der Waals surface area contributed by atoms with Crippen LogP contribution in [-0.4, -0.2) is 54.0 Å². The number of rotatable bonds is 2. The third-order valence-electron chi connectivity index (χ3n) is 6.14. The highest BCUT2D eigenvalue weighted by Crippen LogP contribution is 2.53. The summed E-state index contributed by atoms with van der Waals surface area (Å²) in [6.45, 7) is 2.47. The highest BCUT2D eigenvalue weighted by molar-refractivity contribution is 5.86. The smallest absolute Gasteiger partial charge is 0.307 e. The monoisotopic (exact) mass is 309 g/mol. The molecule has 0 unspecified atom stereocenters. The van der Waals surface area contributed by atoms with Gasteiger partial charge in [0, 0.05) is 25.9 Å². The maximum atomic E-state index is 12.9. The highest BCUT2D eigenvalue weighted by atomic mass is 16.7. The highest BCUT2D eigenvalue weighted by Gasteiger charge is 2.55. The molecule has 2 aliphatic heterocycles. The van der Waals surface area contributed by atoms with E-state index < -0.39 is 17.7 Å². The number of likely N-dealkylation sites (tertiary alicyclic amines) is 1. The van der Waals surface area contributed by atoms with Crippen LogP contribution in [-0.2, 0) is 19.1 Å². The number of carbonyl (C=O) groups excluding carboxylic acids is 1. The Kier molecular flexibility index (Phi) is 3.42. The average molecular weight is 309 g/mol. The summed E-state index contributed by atoms with van der Waals surface area (Å²) in [5.41, 5.74) is 0. The summed E-state index contributed by atoms with van der Waals surface area (Å²) in [5, 5.41) is 9.51. The van der Waals surface area contributed by atoms with Crippen molar-refractivity contribution in [3.8, 4) is 0 Å². The number of fused-ring (bicyclic) bond motifs is 2. The molecule has 0 radical (unpaired) electrons. The van der Waals surface area contributed by atoms with Gasteiger partial charge in [0.25, 0.3) is 0 Å². The summed E-state index contributed by atoms with van der Waals surface area (Å²) in [6.07, 6.45) is 4.27. The van der Waals surface area contributed by atoms with Crippen molar-refractivity contribution in [1.82, 2.24) is 4.90 Å². The van der Waals surface area contributed by atoms with Crippen LogP contribution >= 0.6 is 0 Å². The quantitative estimate of drug-likeness (QED) is 0.826. The van der Waals surface area contributed by atoms with E-state index in [1.54, 1.807) is 0 Å². The molecule has 22 heavy (non-hydrogen) atoms. The standard InChI is InChI=1S/C16H23NO5/c18-14(12-10-1-2-11(9-10)13(12)15(19)20)17-5-3-16(4-6-17)21-7-8-22-16/h10-13H,1-9H2,(H,19,20)/t10-,11-,12+,13-/m0/s1. The van der Waals surface area contributed by atoms with Crippen molar-refractivity contribution in [1.29, 1.82) is 0 Å². The van der Waals surface area contributed by atoms with Crippen molar-refractivity contribution >= 4 is 11.9 Å². The van der Waals surface area contributed by atoms with Gasteiger partial charge in [0.05, 0.1) is 25.0 Å². The molecular weight excluding hydrogens is 286 g/mol. The van der Waals surface area contributed by atoms with Gasteiger partial charge in [0.2, 0.25) is 5.91 Å². The van der Waals surface area contributed by atoms with Gasteiger partial charge in [-0.15, -0.1) is 0 Å². The number of amides is 1. The number of carboxylic acids is 1. The third-order valence-corrected chi connectivity index (χ3v) is 6.14. The first-order chi connectivity index (χ1) is 10.6. The van der Waals surface area contributed by atoms with Gasteiger partial charge in [0.1, 0.15) is 0 Å². The lowest BCUT2D eigenvalue weighted by molar-refractivity contribution is -0.189. The lowest BCUT2D eigenvalue weighted by Gasteiger charge is -2.40. The summed E-state index contributed by atoms with van der Waals surface area (Å²) >= 11 is 0. The second-order valence-corrected chi connectivity index (χ2v) is 7.16. The number of carboxylic acid groups (broad SMARTS) is 1. The minimum absolute atomic E-state index is 0.0486. The number of ether oxygens (including phenoxy) is 2. The van der Waals surface area contributed by atoms with E-state index in [9.17, 15) is 14.7 Å². The number of nitrogens with zero attached hydrogens (tertiary/aromatic N) is 1. The molecule has 6 nitrogen and oxygen atoms in total. The first-order valence-electron chi connectivity index (χ1n) is 8.39. The van der Waals surface area contributed by atoms with Crippen LogP contribution < -0.4 is 0 Å². The Balaban J connectivity index is 1.45. The van der Waals surface area contributed by atoms with E-state index in [4.69, 9.17) is 9.47 Å². The van der Waals surface area contributed by atoms with Crippen LogP contribution in [0.1, 0.15) is 32.1 Å². The second-order valence-electron chi connectivity index (χ2n) is 7.16. The zero-order valence-electron chi connectivity index (χ0n) is 12.7. The van der Waals surface area contributed by atoms with Crippen molar-refractivity contribution in [3.05, 3.63) is 0 Å². The van der Waals surface area contributed by atoms with Crippen molar-refractivity contribution < 1.29 is 24.2 Å². The van der Waals surface area contributed by atoms with Crippen LogP contribution in [0.25, 0.3) is 0 Å². The Morgan fingerprint density at radius 3 is 2.18 bits per heavy atom. The molecule has 1 N–H and O–H groups in total. The summed E-state index contributed by atoms with van der Waals surface area (Å²) in [4.78, 5) is 26.3. The number of hydrogen-bond donors (Lipinski definition) is 1. The molecule has 4 rings (SSSR count). The van der Waals surface area contributed by atoms with Gasteiger partial charge in [-0.05, 0) is 31.1 Å². The van der Waals surface area contributed by atoms with Crippen molar-refractivity contribution in [3.63, 3.8) is 0 Å². The molecule has 0 aromatic heterocycles. The summed E-state index contributed by atoms with van der Waals surface area (Å²) in [6, 6.07) is 0. The number of piperidine rings is 1. The first-order valence-corrected chi connectivity index (χ1v) is 8.39. The minimum Gasteiger partial charge on any atom is -0.481 e. The Labute approximate surface area is 129 Å². The maximum Gasteiger partial charge on any atom is 0.307 e. The van der Waals surface area contributed by atoms with E-state index in [1.807, 2.05) is 4.90 Å². The number of aliphatic carboxylic acids is 1. The van der Waals surface area contributed by atoms with E-state index in [0.717, 1.165) is 19.3 Å². The summed E-state index contributed by atoms with van der Waals surface area (Å²) in [5.74, 6) is -1.54. The first kappa shape index (κ1) is 14.5. The molecule has 4 fully saturated rings. The lowest BCUT2D eigenvalue weighted by Crippen LogP contribution is -2.51. The van der Waals surface area contributed by atoms with Gasteiger partial charge in [-0.1, -0.05) is 0 Å². The molecule has 4 aliphatic rings. The number of carbonyl (C=O) groups is 2. The van der Waals surface area contributed by atoms with E-state index in [2.05, 4.69) is 0 Å². The lowest BCUT2D eigenvalue weighted by atomic mass is 9.78. The predicted molar refractivity (Wildman–Crippen MR) is 75.9 cm³/mol. The number of hydrogen-bond acceptors (Lipinski definition) is 4. The Morgan fingerprint density at radius 1 is 1.00 bits per heavy atom. The molecule has 2 saturated heterocycles. The normalized spacial score (nSPS) is 39.5. The zero-order chi connectivity index (χ0) is 15.3. The van der Waals surface area contributed by atoms with Crippen molar-refractivity contribution in [2.24, 2.45) is 23.7 Å². The molecule has 1 spiro atoms. The topological polar surface area (TPSA) is 76.1 Å². The van der Waals surface area contributed by atoms with Crippen LogP contribution in [0.5, 0.6) is 0 Å². The van der Waals surface area contributed by atoms with E-state index in [0.29, 0.717) is 39.1 Å². The van der Waals surface area contributed by atoms with Crippen LogP contribution in [0.15, 0.2) is 0 Å². The van der Waals surface area contributed by atoms with Gasteiger partial charge in [-0.3, -0.25) is 9.59 Å². The average Bonchev–Trinajstić information content (AvgIpc) is 3.22. The van der Waals surface area contributed by atoms with Crippen molar-refractivity contribution in [2.45, 2.75) is 37.9 Å². The fraction of sp³-hybridized carbons (Fsp3) is 0.875. The largest absolute Gasteiger partial charge is 0.481 e. The van der Waals surface area contributed by atoms with E-state index in [1.165, 1.54) is 0 Å². The summed E-state index contributed by atoms with van der Waals surface area (Å²) in [7, 11) is 0. The molecule has 6 heteroatoms. The Bertz CT molecular complexity index is 477. The molecule has 2 saturated carbocycles. The Morgan fingerprint density at radius 2 is 1.59 bits per heavy atom. The van der Waals surface area contributed by atoms with Gasteiger partial charge in [0.15, 0.2) is 5.79 Å². The minimum atomic E-state index is -0.790. The van der Waals surface area contributed by atoms with Crippen LogP contribution in [0.4, 0.5) is 0 Å². The van der Waals surface area contributed by atoms with Gasteiger partial charge in [-0.2, -0.15) is 0 Å². The fourth-order valence-corrected chi connectivity index (χ4v) is 5.07. The van der Waals surface area contributed by atoms with Gasteiger partial charge in [-0.25, -0.2) is 0 Å². The SMILES string of the molecule is O=C(O)[C@H]1[C@H]2CC[C@@H](C2)[C@H]1C(=O)N1CCC2(CC1)OCCO2. The molecule has 1 amide bonds. The molecule has 2 aliphatic carbocycles.